The Kier molecular flexibility index (Phi) is 3.39. The summed E-state index contributed by atoms with van der Waals surface area (Å²) in [5.74, 6) is 0.609. The van der Waals surface area contributed by atoms with Gasteiger partial charge in [0.2, 0.25) is 0 Å². The molecule has 1 fully saturated rings. The molecular weight excluding hydrogens is 175 g/mol. The monoisotopic (exact) mass is 198 g/mol. The molecule has 0 atom stereocenters. The maximum Gasteiger partial charge on any atom is 0.108 e. The lowest BCUT2D eigenvalue weighted by Gasteiger charge is -2.30. The zero-order valence-electron chi connectivity index (χ0n) is 9.94. The normalized spacial score (nSPS) is 35.1. The van der Waals surface area contributed by atoms with Gasteiger partial charge in [0.05, 0.1) is 0 Å². The third-order valence-electron chi connectivity index (χ3n) is 2.94. The molecule has 0 spiro atoms. The van der Waals surface area contributed by atoms with E-state index in [0.29, 0.717) is 5.92 Å². The van der Waals surface area contributed by atoms with E-state index < -0.39 is 5.67 Å². The van der Waals surface area contributed by atoms with Gasteiger partial charge in [-0.05, 0) is 43.9 Å². The lowest BCUT2D eigenvalue weighted by Crippen LogP contribution is -2.25. The van der Waals surface area contributed by atoms with Crippen molar-refractivity contribution in [2.24, 2.45) is 11.3 Å². The molecule has 0 radical (unpaired) electrons. The summed E-state index contributed by atoms with van der Waals surface area (Å²) < 4.78 is 13.5. The van der Waals surface area contributed by atoms with Crippen LogP contribution in [0.4, 0.5) is 4.39 Å². The molecule has 0 aliphatic heterocycles. The molecule has 14 heavy (non-hydrogen) atoms. The van der Waals surface area contributed by atoms with Crippen molar-refractivity contribution in [3.05, 3.63) is 12.2 Å². The Hall–Kier alpha value is -0.330. The zero-order chi connectivity index (χ0) is 10.8. The fourth-order valence-corrected chi connectivity index (χ4v) is 1.86. The van der Waals surface area contributed by atoms with Gasteiger partial charge in [0.15, 0.2) is 0 Å². The average Bonchev–Trinajstić information content (AvgIpc) is 2.01. The minimum atomic E-state index is -0.897. The van der Waals surface area contributed by atoms with Gasteiger partial charge in [0, 0.05) is 0 Å². The van der Waals surface area contributed by atoms with Crippen LogP contribution in [0.25, 0.3) is 0 Å². The van der Waals surface area contributed by atoms with Crippen molar-refractivity contribution in [2.75, 3.05) is 0 Å². The highest BCUT2D eigenvalue weighted by Crippen LogP contribution is 2.35. The van der Waals surface area contributed by atoms with E-state index in [2.05, 4.69) is 32.9 Å². The first-order valence-electron chi connectivity index (χ1n) is 5.67. The molecule has 82 valence electrons. The molecule has 0 aromatic carbocycles. The van der Waals surface area contributed by atoms with Crippen LogP contribution in [0.15, 0.2) is 12.2 Å². The molecule has 0 heterocycles. The Morgan fingerprint density at radius 3 is 2.14 bits per heavy atom. The van der Waals surface area contributed by atoms with Gasteiger partial charge in [0.1, 0.15) is 5.67 Å². The minimum absolute atomic E-state index is 0.260. The van der Waals surface area contributed by atoms with Crippen LogP contribution in [-0.4, -0.2) is 5.67 Å². The van der Waals surface area contributed by atoms with Crippen LogP contribution in [0.1, 0.15) is 53.4 Å². The molecule has 0 aromatic heterocycles. The molecule has 1 saturated carbocycles. The number of halogens is 1. The Bertz CT molecular complexity index is 198. The van der Waals surface area contributed by atoms with Crippen molar-refractivity contribution >= 4 is 0 Å². The van der Waals surface area contributed by atoms with Crippen LogP contribution >= 0.6 is 0 Å². The first-order chi connectivity index (χ1) is 6.29. The average molecular weight is 198 g/mol. The highest BCUT2D eigenvalue weighted by molar-refractivity contribution is 4.98. The minimum Gasteiger partial charge on any atom is -0.244 e. The van der Waals surface area contributed by atoms with Gasteiger partial charge < -0.3 is 0 Å². The predicted octanol–water partition coefficient (Wildman–Crippen LogP) is 4.51. The van der Waals surface area contributed by atoms with Gasteiger partial charge in [-0.3, -0.25) is 0 Å². The van der Waals surface area contributed by atoms with Gasteiger partial charge in [-0.15, -0.1) is 0 Å². The van der Waals surface area contributed by atoms with E-state index in [1.807, 2.05) is 0 Å². The van der Waals surface area contributed by atoms with E-state index in [9.17, 15) is 4.39 Å². The van der Waals surface area contributed by atoms with Crippen molar-refractivity contribution in [2.45, 2.75) is 59.0 Å². The molecule has 0 saturated heterocycles. The van der Waals surface area contributed by atoms with E-state index in [0.717, 1.165) is 25.7 Å². The maximum absolute atomic E-state index is 13.5. The second-order valence-electron chi connectivity index (χ2n) is 5.98. The van der Waals surface area contributed by atoms with Crippen molar-refractivity contribution < 1.29 is 4.39 Å². The van der Waals surface area contributed by atoms with Gasteiger partial charge in [-0.2, -0.15) is 0 Å². The van der Waals surface area contributed by atoms with Crippen molar-refractivity contribution in [3.8, 4) is 0 Å². The Labute approximate surface area is 87.6 Å². The quantitative estimate of drug-likeness (QED) is 0.544. The third kappa shape index (κ3) is 4.26. The fourth-order valence-electron chi connectivity index (χ4n) is 1.86. The molecule has 1 heteroatoms. The second kappa shape index (κ2) is 4.04. The third-order valence-corrected chi connectivity index (χ3v) is 2.94. The second-order valence-corrected chi connectivity index (χ2v) is 5.98. The Morgan fingerprint density at radius 1 is 1.21 bits per heavy atom. The number of allylic oxidation sites excluding steroid dienone is 2. The first kappa shape index (κ1) is 11.7. The van der Waals surface area contributed by atoms with Gasteiger partial charge >= 0.3 is 0 Å². The van der Waals surface area contributed by atoms with E-state index in [-0.39, 0.29) is 5.41 Å². The Balaban J connectivity index is 2.40. The van der Waals surface area contributed by atoms with E-state index in [1.165, 1.54) is 0 Å². The maximum atomic E-state index is 13.5. The largest absolute Gasteiger partial charge is 0.244 e. The van der Waals surface area contributed by atoms with Crippen LogP contribution in [0.5, 0.6) is 0 Å². The highest BCUT2D eigenvalue weighted by Gasteiger charge is 2.29. The number of rotatable bonds is 1. The summed E-state index contributed by atoms with van der Waals surface area (Å²) in [7, 11) is 0. The number of alkyl halides is 1. The van der Waals surface area contributed by atoms with Crippen LogP contribution in [-0.2, 0) is 0 Å². The summed E-state index contributed by atoms with van der Waals surface area (Å²) in [4.78, 5) is 0. The fraction of sp³-hybridized carbons (Fsp3) is 0.846. The van der Waals surface area contributed by atoms with Crippen LogP contribution in [0.2, 0.25) is 0 Å². The molecule has 0 nitrogen and oxygen atoms in total. The van der Waals surface area contributed by atoms with Gasteiger partial charge in [0.25, 0.3) is 0 Å². The first-order valence-corrected chi connectivity index (χ1v) is 5.67. The molecule has 1 aliphatic carbocycles. The highest BCUT2D eigenvalue weighted by atomic mass is 19.1. The summed E-state index contributed by atoms with van der Waals surface area (Å²) in [6.45, 7) is 8.33. The zero-order valence-corrected chi connectivity index (χ0v) is 9.94. The molecule has 0 bridgehead atoms. The summed E-state index contributed by atoms with van der Waals surface area (Å²) in [5.41, 5.74) is -0.636. The summed E-state index contributed by atoms with van der Waals surface area (Å²) in [6, 6.07) is 0. The van der Waals surface area contributed by atoms with Crippen LogP contribution in [0.3, 0.4) is 0 Å². The summed E-state index contributed by atoms with van der Waals surface area (Å²) in [6.07, 6.45) is 8.03. The van der Waals surface area contributed by atoms with Crippen LogP contribution < -0.4 is 0 Å². The van der Waals surface area contributed by atoms with E-state index in [4.69, 9.17) is 0 Å². The smallest absolute Gasteiger partial charge is 0.108 e. The molecule has 0 aromatic rings. The molecule has 1 aliphatic rings. The van der Waals surface area contributed by atoms with E-state index in [1.54, 1.807) is 6.92 Å². The number of hydrogen-bond acceptors (Lipinski definition) is 0. The number of hydrogen-bond donors (Lipinski definition) is 0. The standard InChI is InChI=1S/C13H23F/c1-12(2,3)8-5-11-6-9-13(4,14)10-7-11/h5,8,11H,6-7,9-10H2,1-4H3/b8-5+. The summed E-state index contributed by atoms with van der Waals surface area (Å²) in [5, 5.41) is 0. The van der Waals surface area contributed by atoms with Gasteiger partial charge in [-0.1, -0.05) is 32.9 Å². The van der Waals surface area contributed by atoms with Gasteiger partial charge in [-0.25, -0.2) is 4.39 Å². The molecule has 0 N–H and O–H groups in total. The predicted molar refractivity (Wildman–Crippen MR) is 60.1 cm³/mol. The van der Waals surface area contributed by atoms with E-state index >= 15 is 0 Å². The molecule has 1 rings (SSSR count). The molecular formula is C13H23F. The van der Waals surface area contributed by atoms with Crippen molar-refractivity contribution in [1.82, 2.24) is 0 Å². The topological polar surface area (TPSA) is 0 Å². The molecule has 0 unspecified atom stereocenters. The van der Waals surface area contributed by atoms with Crippen molar-refractivity contribution in [1.29, 1.82) is 0 Å². The summed E-state index contributed by atoms with van der Waals surface area (Å²) >= 11 is 0. The Morgan fingerprint density at radius 2 is 1.71 bits per heavy atom. The lowest BCUT2D eigenvalue weighted by atomic mass is 9.80. The lowest BCUT2D eigenvalue weighted by molar-refractivity contribution is 0.114. The van der Waals surface area contributed by atoms with Crippen LogP contribution in [0, 0.1) is 11.3 Å². The van der Waals surface area contributed by atoms with Crippen molar-refractivity contribution in [3.63, 3.8) is 0 Å². The molecule has 0 amide bonds. The SMILES string of the molecule is CC(C)(C)/C=C/C1CCC(C)(F)CC1.